The summed E-state index contributed by atoms with van der Waals surface area (Å²) in [6, 6.07) is 0. The van der Waals surface area contributed by atoms with Crippen molar-refractivity contribution in [3.05, 3.63) is 0 Å². The summed E-state index contributed by atoms with van der Waals surface area (Å²) in [5.74, 6) is 0. The Labute approximate surface area is 79.9 Å². The molecule has 70 valence electrons. The molecule has 0 fully saturated rings. The minimum Gasteiger partial charge on any atom is -0.325 e. The first-order chi connectivity index (χ1) is 5.04. The highest BCUT2D eigenvalue weighted by Gasteiger charge is 2.21. The van der Waals surface area contributed by atoms with E-state index in [9.17, 15) is 0 Å². The minimum atomic E-state index is -0.178. The van der Waals surface area contributed by atoms with Gasteiger partial charge in [0.2, 0.25) is 0 Å². The normalized spacial score (nSPS) is 14.4. The van der Waals surface area contributed by atoms with Crippen molar-refractivity contribution in [1.82, 2.24) is 0 Å². The molecule has 0 bridgehead atoms. The molecule has 0 amide bonds. The average molecular weight is 196 g/mol. The SMILES string of the molecule is CCC(S)(CC)O[SH2]C(C)C. The van der Waals surface area contributed by atoms with Crippen LogP contribution in [0.3, 0.4) is 0 Å². The van der Waals surface area contributed by atoms with Gasteiger partial charge in [-0.05, 0) is 18.1 Å². The van der Waals surface area contributed by atoms with Gasteiger partial charge in [-0.3, -0.25) is 0 Å². The average Bonchev–Trinajstić information content (AvgIpc) is 2.00. The lowest BCUT2D eigenvalue weighted by Crippen LogP contribution is -2.21. The van der Waals surface area contributed by atoms with Gasteiger partial charge in [-0.25, -0.2) is 0 Å². The Morgan fingerprint density at radius 2 is 1.82 bits per heavy atom. The highest BCUT2D eigenvalue weighted by atomic mass is 32.2. The highest BCUT2D eigenvalue weighted by molar-refractivity contribution is 7.95. The molecular weight excluding hydrogens is 176 g/mol. The zero-order valence-electron chi connectivity index (χ0n) is 7.85. The first-order valence-electron chi connectivity index (χ1n) is 4.20. The van der Waals surface area contributed by atoms with Crippen molar-refractivity contribution >= 4 is 24.7 Å². The third-order valence-corrected chi connectivity index (χ3v) is 3.47. The first-order valence-corrected chi connectivity index (χ1v) is 5.63. The van der Waals surface area contributed by atoms with E-state index in [1.807, 2.05) is 0 Å². The molecular formula is C8H20OS2. The van der Waals surface area contributed by atoms with Crippen molar-refractivity contribution in [2.24, 2.45) is 0 Å². The van der Waals surface area contributed by atoms with Crippen LogP contribution in [0, 0.1) is 0 Å². The van der Waals surface area contributed by atoms with Crippen LogP contribution in [-0.4, -0.2) is 10.2 Å². The molecule has 0 heterocycles. The Morgan fingerprint density at radius 3 is 2.09 bits per heavy atom. The van der Waals surface area contributed by atoms with Gasteiger partial charge in [0.1, 0.15) is 4.93 Å². The standard InChI is InChI=1S/C8H20OS2/c1-5-8(10,6-2)9-11-7(3)4/h7,10H,5-6,11H2,1-4H3. The quantitative estimate of drug-likeness (QED) is 0.525. The van der Waals surface area contributed by atoms with Crippen LogP contribution in [0.1, 0.15) is 40.5 Å². The molecule has 0 aromatic heterocycles. The van der Waals surface area contributed by atoms with Crippen LogP contribution >= 0.6 is 24.7 Å². The molecule has 3 heteroatoms. The Morgan fingerprint density at radius 1 is 1.36 bits per heavy atom. The molecule has 0 radical (unpaired) electrons. The molecule has 0 aliphatic rings. The Balaban J connectivity index is 3.69. The minimum absolute atomic E-state index is 0.178. The number of rotatable bonds is 5. The monoisotopic (exact) mass is 196 g/mol. The van der Waals surface area contributed by atoms with Crippen LogP contribution in [0.4, 0.5) is 0 Å². The van der Waals surface area contributed by atoms with Gasteiger partial charge in [0.25, 0.3) is 0 Å². The predicted molar refractivity (Wildman–Crippen MR) is 58.9 cm³/mol. The summed E-state index contributed by atoms with van der Waals surface area (Å²) in [7, 11) is 0. The van der Waals surface area contributed by atoms with Crippen molar-refractivity contribution in [1.29, 1.82) is 0 Å². The van der Waals surface area contributed by atoms with Gasteiger partial charge >= 0.3 is 0 Å². The van der Waals surface area contributed by atoms with Gasteiger partial charge in [-0.15, -0.1) is 12.6 Å². The van der Waals surface area contributed by atoms with Crippen LogP contribution in [0.2, 0.25) is 0 Å². The molecule has 0 rings (SSSR count). The third kappa shape index (κ3) is 4.99. The van der Waals surface area contributed by atoms with E-state index in [-0.39, 0.29) is 4.93 Å². The highest BCUT2D eigenvalue weighted by Crippen LogP contribution is 2.31. The molecule has 0 aliphatic heterocycles. The second-order valence-electron chi connectivity index (χ2n) is 3.03. The summed E-state index contributed by atoms with van der Waals surface area (Å²) >= 11 is 5.06. The molecule has 0 aromatic carbocycles. The summed E-state index contributed by atoms with van der Waals surface area (Å²) in [6.07, 6.45) is 1.96. The topological polar surface area (TPSA) is 9.23 Å². The van der Waals surface area contributed by atoms with Crippen LogP contribution in [0.15, 0.2) is 0 Å². The van der Waals surface area contributed by atoms with E-state index < -0.39 is 0 Å². The fourth-order valence-corrected chi connectivity index (χ4v) is 1.52. The van der Waals surface area contributed by atoms with E-state index in [1.54, 1.807) is 0 Å². The first kappa shape index (κ1) is 11.7. The van der Waals surface area contributed by atoms with Gasteiger partial charge in [0.15, 0.2) is 0 Å². The van der Waals surface area contributed by atoms with Gasteiger partial charge in [0.05, 0.1) is 0 Å². The van der Waals surface area contributed by atoms with E-state index in [2.05, 4.69) is 40.3 Å². The van der Waals surface area contributed by atoms with Crippen molar-refractivity contribution in [2.45, 2.75) is 50.7 Å². The maximum Gasteiger partial charge on any atom is 0.122 e. The second-order valence-corrected chi connectivity index (χ2v) is 5.44. The lowest BCUT2D eigenvalue weighted by atomic mass is 10.2. The lowest BCUT2D eigenvalue weighted by Gasteiger charge is -2.27. The Kier molecular flexibility index (Phi) is 5.65. The molecule has 0 N–H and O–H groups in total. The van der Waals surface area contributed by atoms with Crippen LogP contribution in [0.25, 0.3) is 0 Å². The van der Waals surface area contributed by atoms with Gasteiger partial charge in [0, 0.05) is 0 Å². The van der Waals surface area contributed by atoms with Gasteiger partial charge < -0.3 is 4.18 Å². The van der Waals surface area contributed by atoms with Crippen molar-refractivity contribution < 1.29 is 4.18 Å². The Hall–Kier alpha value is 0.660. The van der Waals surface area contributed by atoms with Crippen molar-refractivity contribution in [2.75, 3.05) is 0 Å². The van der Waals surface area contributed by atoms with Crippen LogP contribution < -0.4 is 0 Å². The summed E-state index contributed by atoms with van der Waals surface area (Å²) in [5, 5.41) is 0.625. The molecule has 0 spiro atoms. The smallest absolute Gasteiger partial charge is 0.122 e. The van der Waals surface area contributed by atoms with E-state index in [4.69, 9.17) is 4.18 Å². The predicted octanol–water partition coefficient (Wildman–Crippen LogP) is 2.97. The zero-order chi connectivity index (χ0) is 8.91. The summed E-state index contributed by atoms with van der Waals surface area (Å²) < 4.78 is 5.68. The fourth-order valence-electron chi connectivity index (χ4n) is 0.622. The maximum absolute atomic E-state index is 5.68. The number of hydrogen-bond donors (Lipinski definition) is 1. The molecule has 0 saturated heterocycles. The number of hydrogen-bond acceptors (Lipinski definition) is 2. The Bertz CT molecular complexity index is 100. The van der Waals surface area contributed by atoms with E-state index in [0.717, 1.165) is 12.8 Å². The third-order valence-electron chi connectivity index (χ3n) is 1.59. The van der Waals surface area contributed by atoms with Crippen LogP contribution in [-0.2, 0) is 4.18 Å². The van der Waals surface area contributed by atoms with E-state index >= 15 is 0 Å². The molecule has 0 aliphatic carbocycles. The number of thiol groups is 1. The molecule has 0 aromatic rings. The van der Waals surface area contributed by atoms with E-state index in [1.165, 1.54) is 0 Å². The largest absolute Gasteiger partial charge is 0.325 e. The van der Waals surface area contributed by atoms with Gasteiger partial charge in [-0.1, -0.05) is 27.7 Å². The fraction of sp³-hybridized carbons (Fsp3) is 1.00. The summed E-state index contributed by atoms with van der Waals surface area (Å²) in [5.41, 5.74) is 0. The van der Waals surface area contributed by atoms with E-state index in [0.29, 0.717) is 17.3 Å². The van der Waals surface area contributed by atoms with Crippen molar-refractivity contribution in [3.63, 3.8) is 0 Å². The maximum atomic E-state index is 5.68. The molecule has 11 heavy (non-hydrogen) atoms. The van der Waals surface area contributed by atoms with Crippen molar-refractivity contribution in [3.8, 4) is 0 Å². The zero-order valence-corrected chi connectivity index (χ0v) is 9.74. The second kappa shape index (κ2) is 5.33. The molecule has 0 atom stereocenters. The summed E-state index contributed by atoms with van der Waals surface area (Å²) in [6.45, 7) is 8.55. The molecule has 1 nitrogen and oxygen atoms in total. The molecule has 0 unspecified atom stereocenters. The van der Waals surface area contributed by atoms with Crippen LogP contribution in [0.5, 0.6) is 0 Å². The molecule has 0 saturated carbocycles. The van der Waals surface area contributed by atoms with Gasteiger partial charge in [-0.2, -0.15) is 12.0 Å². The summed E-state index contributed by atoms with van der Waals surface area (Å²) in [4.78, 5) is -0.178. The lowest BCUT2D eigenvalue weighted by molar-refractivity contribution is 0.193.